The molecule has 0 bridgehead atoms. The first-order valence-electron chi connectivity index (χ1n) is 7.20. The van der Waals surface area contributed by atoms with E-state index in [1.807, 2.05) is 0 Å². The summed E-state index contributed by atoms with van der Waals surface area (Å²) >= 11 is 0. The largest absolute Gasteiger partial charge is 0.416 e. The van der Waals surface area contributed by atoms with Crippen LogP contribution in [0.3, 0.4) is 0 Å². The summed E-state index contributed by atoms with van der Waals surface area (Å²) in [5, 5.41) is 3.51. The highest BCUT2D eigenvalue weighted by Gasteiger charge is 2.49. The number of alkyl halides is 3. The molecular formula is C15H19F3N2. The van der Waals surface area contributed by atoms with Crippen LogP contribution in [0.2, 0.25) is 0 Å². The van der Waals surface area contributed by atoms with Crippen LogP contribution in [0.25, 0.3) is 0 Å². The third-order valence-electron chi connectivity index (χ3n) is 4.85. The second-order valence-electron chi connectivity index (χ2n) is 6.10. The molecule has 1 aromatic heterocycles. The fraction of sp³-hybridized carbons (Fsp3) is 0.667. The maximum absolute atomic E-state index is 12.6. The molecule has 4 atom stereocenters. The van der Waals surface area contributed by atoms with Crippen molar-refractivity contribution in [3.8, 4) is 0 Å². The van der Waals surface area contributed by atoms with Gasteiger partial charge in [-0.3, -0.25) is 4.98 Å². The van der Waals surface area contributed by atoms with E-state index in [1.54, 1.807) is 0 Å². The smallest absolute Gasteiger partial charge is 0.314 e. The maximum Gasteiger partial charge on any atom is 0.416 e. The molecule has 110 valence electrons. The number of aryl methyl sites for hydroxylation is 1. The Bertz CT molecular complexity index is 486. The number of hydrogen-bond acceptors (Lipinski definition) is 2. The van der Waals surface area contributed by atoms with Gasteiger partial charge < -0.3 is 5.32 Å². The van der Waals surface area contributed by atoms with Crippen molar-refractivity contribution in [2.75, 3.05) is 6.54 Å². The molecule has 2 heterocycles. The molecule has 1 saturated carbocycles. The first-order chi connectivity index (χ1) is 9.45. The van der Waals surface area contributed by atoms with Crippen LogP contribution in [0.4, 0.5) is 13.2 Å². The molecular weight excluding hydrogens is 265 g/mol. The zero-order valence-corrected chi connectivity index (χ0v) is 11.5. The minimum atomic E-state index is -4.28. The lowest BCUT2D eigenvalue weighted by Gasteiger charge is -2.22. The molecule has 0 unspecified atom stereocenters. The molecule has 1 saturated heterocycles. The number of fused-ring (bicyclic) bond motifs is 1. The van der Waals surface area contributed by atoms with E-state index in [0.29, 0.717) is 18.2 Å². The standard InChI is InChI=1S/C15H19F3N2/c1-9-13-7-12(20-8-14(9)13)3-2-11-6-10(4-5-19-11)15(16,17)18/h4-6,9,12-14,20H,2-3,7-8H2,1H3/t9-,12-,13+,14-/m1/s1. The van der Waals surface area contributed by atoms with Crippen LogP contribution in [-0.4, -0.2) is 17.6 Å². The monoisotopic (exact) mass is 284 g/mol. The SMILES string of the molecule is C[C@H]1[C@H]2CN[C@H](CCc3cc(C(F)(F)F)ccn3)C[C@@H]12. The van der Waals surface area contributed by atoms with Gasteiger partial charge in [0.1, 0.15) is 0 Å². The number of aromatic nitrogens is 1. The highest BCUT2D eigenvalue weighted by Crippen LogP contribution is 2.50. The molecule has 3 rings (SSSR count). The second kappa shape index (κ2) is 5.02. The Morgan fingerprint density at radius 1 is 1.35 bits per heavy atom. The molecule has 20 heavy (non-hydrogen) atoms. The van der Waals surface area contributed by atoms with E-state index < -0.39 is 11.7 Å². The molecule has 0 aromatic carbocycles. The molecule has 0 spiro atoms. The highest BCUT2D eigenvalue weighted by molar-refractivity contribution is 5.19. The summed E-state index contributed by atoms with van der Waals surface area (Å²) in [5.41, 5.74) is -0.0671. The van der Waals surface area contributed by atoms with Gasteiger partial charge in [-0.1, -0.05) is 6.92 Å². The lowest BCUT2D eigenvalue weighted by atomic mass is 9.99. The Morgan fingerprint density at radius 3 is 2.85 bits per heavy atom. The van der Waals surface area contributed by atoms with E-state index in [2.05, 4.69) is 17.2 Å². The van der Waals surface area contributed by atoms with Crippen LogP contribution < -0.4 is 5.32 Å². The molecule has 1 N–H and O–H groups in total. The average Bonchev–Trinajstić information content (AvgIpc) is 3.06. The van der Waals surface area contributed by atoms with Gasteiger partial charge in [0.25, 0.3) is 0 Å². The van der Waals surface area contributed by atoms with Gasteiger partial charge in [0.2, 0.25) is 0 Å². The van der Waals surface area contributed by atoms with Crippen LogP contribution in [-0.2, 0) is 12.6 Å². The average molecular weight is 284 g/mol. The first kappa shape index (κ1) is 13.9. The van der Waals surface area contributed by atoms with E-state index in [1.165, 1.54) is 12.3 Å². The topological polar surface area (TPSA) is 24.9 Å². The second-order valence-corrected chi connectivity index (χ2v) is 6.10. The molecule has 1 aliphatic heterocycles. The van der Waals surface area contributed by atoms with Crippen LogP contribution >= 0.6 is 0 Å². The molecule has 1 aromatic rings. The van der Waals surface area contributed by atoms with Gasteiger partial charge in [-0.2, -0.15) is 13.2 Å². The van der Waals surface area contributed by atoms with Crippen molar-refractivity contribution >= 4 is 0 Å². The summed E-state index contributed by atoms with van der Waals surface area (Å²) in [4.78, 5) is 4.05. The molecule has 0 radical (unpaired) electrons. The Labute approximate surface area is 116 Å². The summed E-state index contributed by atoms with van der Waals surface area (Å²) in [6.45, 7) is 3.35. The fourth-order valence-corrected chi connectivity index (χ4v) is 3.41. The first-order valence-corrected chi connectivity index (χ1v) is 7.20. The molecule has 2 aliphatic rings. The predicted octanol–water partition coefficient (Wildman–Crippen LogP) is 3.28. The Hall–Kier alpha value is -1.10. The zero-order valence-electron chi connectivity index (χ0n) is 11.5. The summed E-state index contributed by atoms with van der Waals surface area (Å²) in [5.74, 6) is 2.48. The van der Waals surface area contributed by atoms with Crippen LogP contribution in [0.5, 0.6) is 0 Å². The summed E-state index contributed by atoms with van der Waals surface area (Å²) in [6.07, 6.45) is -0.398. The van der Waals surface area contributed by atoms with E-state index in [4.69, 9.17) is 0 Å². The van der Waals surface area contributed by atoms with Crippen LogP contribution in [0.1, 0.15) is 31.0 Å². The van der Waals surface area contributed by atoms with Crippen molar-refractivity contribution in [3.05, 3.63) is 29.6 Å². The Balaban J connectivity index is 1.56. The quantitative estimate of drug-likeness (QED) is 0.921. The van der Waals surface area contributed by atoms with Crippen molar-refractivity contribution in [2.45, 2.75) is 38.4 Å². The van der Waals surface area contributed by atoms with Crippen molar-refractivity contribution in [3.63, 3.8) is 0 Å². The molecule has 5 heteroatoms. The summed E-state index contributed by atoms with van der Waals surface area (Å²) in [6, 6.07) is 2.63. The van der Waals surface area contributed by atoms with E-state index >= 15 is 0 Å². The molecule has 2 fully saturated rings. The van der Waals surface area contributed by atoms with E-state index in [0.717, 1.165) is 43.2 Å². The lowest BCUT2D eigenvalue weighted by Crippen LogP contribution is -2.35. The third-order valence-corrected chi connectivity index (χ3v) is 4.85. The predicted molar refractivity (Wildman–Crippen MR) is 70.1 cm³/mol. The fourth-order valence-electron chi connectivity index (χ4n) is 3.41. The van der Waals surface area contributed by atoms with Gasteiger partial charge in [0.15, 0.2) is 0 Å². The van der Waals surface area contributed by atoms with Crippen molar-refractivity contribution < 1.29 is 13.2 Å². The lowest BCUT2D eigenvalue weighted by molar-refractivity contribution is -0.137. The van der Waals surface area contributed by atoms with Gasteiger partial charge >= 0.3 is 6.18 Å². The van der Waals surface area contributed by atoms with E-state index in [9.17, 15) is 13.2 Å². The number of nitrogens with zero attached hydrogens (tertiary/aromatic N) is 1. The molecule has 2 nitrogen and oxygen atoms in total. The zero-order chi connectivity index (χ0) is 14.3. The summed E-state index contributed by atoms with van der Waals surface area (Å²) in [7, 11) is 0. The van der Waals surface area contributed by atoms with Gasteiger partial charge in [-0.15, -0.1) is 0 Å². The highest BCUT2D eigenvalue weighted by atomic mass is 19.4. The van der Waals surface area contributed by atoms with Gasteiger partial charge in [0, 0.05) is 17.9 Å². The Kier molecular flexibility index (Phi) is 3.48. The van der Waals surface area contributed by atoms with E-state index in [-0.39, 0.29) is 0 Å². The minimum absolute atomic E-state index is 0.428. The number of hydrogen-bond donors (Lipinski definition) is 1. The molecule has 0 amide bonds. The third kappa shape index (κ3) is 2.82. The number of rotatable bonds is 3. The number of pyridine rings is 1. The van der Waals surface area contributed by atoms with Crippen LogP contribution in [0.15, 0.2) is 18.3 Å². The van der Waals surface area contributed by atoms with Gasteiger partial charge in [0.05, 0.1) is 5.56 Å². The van der Waals surface area contributed by atoms with Crippen LogP contribution in [0, 0.1) is 17.8 Å². The number of piperidine rings is 1. The van der Waals surface area contributed by atoms with Crippen molar-refractivity contribution in [2.24, 2.45) is 17.8 Å². The Morgan fingerprint density at radius 2 is 2.15 bits per heavy atom. The number of nitrogens with one attached hydrogen (secondary N) is 1. The maximum atomic E-state index is 12.6. The summed E-state index contributed by atoms with van der Waals surface area (Å²) < 4.78 is 37.9. The van der Waals surface area contributed by atoms with Gasteiger partial charge in [-0.25, -0.2) is 0 Å². The van der Waals surface area contributed by atoms with Gasteiger partial charge in [-0.05, 0) is 55.7 Å². The van der Waals surface area contributed by atoms with Crippen molar-refractivity contribution in [1.82, 2.24) is 10.3 Å². The minimum Gasteiger partial charge on any atom is -0.314 e. The van der Waals surface area contributed by atoms with Crippen molar-refractivity contribution in [1.29, 1.82) is 0 Å². The normalized spacial score (nSPS) is 32.8. The molecule has 1 aliphatic carbocycles. The number of halogens is 3.